The molecule has 0 unspecified atom stereocenters. The molecule has 0 saturated carbocycles. The van der Waals surface area contributed by atoms with Gasteiger partial charge in [0.25, 0.3) is 0 Å². The number of halogens is 1. The fraction of sp³-hybridized carbons (Fsp3) is 0.294. The van der Waals surface area contributed by atoms with Gasteiger partial charge in [-0.1, -0.05) is 18.2 Å². The Morgan fingerprint density at radius 2 is 2.10 bits per heavy atom. The Balaban J connectivity index is 1.79. The Morgan fingerprint density at radius 1 is 1.25 bits per heavy atom. The quantitative estimate of drug-likeness (QED) is 0.849. The Labute approximate surface area is 119 Å². The highest BCUT2D eigenvalue weighted by Gasteiger charge is 2.18. The van der Waals surface area contributed by atoms with E-state index in [2.05, 4.69) is 11.0 Å². The van der Waals surface area contributed by atoms with Crippen molar-refractivity contribution in [1.82, 2.24) is 4.90 Å². The van der Waals surface area contributed by atoms with Crippen LogP contribution in [0, 0.1) is 12.7 Å². The summed E-state index contributed by atoms with van der Waals surface area (Å²) >= 11 is 0. The number of aryl methyl sites for hydroxylation is 1. The lowest BCUT2D eigenvalue weighted by Crippen LogP contribution is -2.30. The number of hydrogen-bond acceptors (Lipinski definition) is 2. The summed E-state index contributed by atoms with van der Waals surface area (Å²) in [5, 5.41) is 0. The van der Waals surface area contributed by atoms with Gasteiger partial charge in [0.15, 0.2) is 0 Å². The molecule has 2 aromatic rings. The average Bonchev–Trinajstić information content (AvgIpc) is 2.43. The van der Waals surface area contributed by atoms with E-state index in [0.717, 1.165) is 42.9 Å². The first kappa shape index (κ1) is 13.1. The highest BCUT2D eigenvalue weighted by molar-refractivity contribution is 5.51. The minimum atomic E-state index is -0.160. The zero-order valence-corrected chi connectivity index (χ0v) is 11.7. The molecule has 2 N–H and O–H groups in total. The van der Waals surface area contributed by atoms with Gasteiger partial charge in [0.2, 0.25) is 0 Å². The maximum atomic E-state index is 13.4. The summed E-state index contributed by atoms with van der Waals surface area (Å²) in [5.74, 6) is -0.160. The standard InChI is InChI=1S/C17H19FN2/c1-12-5-6-15(18)9-14(12)11-20-8-7-16-13(10-20)3-2-4-17(16)19/h2-6,9H,7-8,10-11,19H2,1H3. The van der Waals surface area contributed by atoms with E-state index >= 15 is 0 Å². The highest BCUT2D eigenvalue weighted by atomic mass is 19.1. The van der Waals surface area contributed by atoms with E-state index in [0.29, 0.717) is 0 Å². The van der Waals surface area contributed by atoms with Crippen molar-refractivity contribution in [3.05, 3.63) is 64.5 Å². The summed E-state index contributed by atoms with van der Waals surface area (Å²) in [7, 11) is 0. The number of rotatable bonds is 2. The number of nitrogen functional groups attached to an aromatic ring is 1. The first-order valence-corrected chi connectivity index (χ1v) is 6.97. The molecule has 20 heavy (non-hydrogen) atoms. The summed E-state index contributed by atoms with van der Waals surface area (Å²) < 4.78 is 13.4. The molecule has 0 bridgehead atoms. The van der Waals surface area contributed by atoms with E-state index in [1.54, 1.807) is 6.07 Å². The number of fused-ring (bicyclic) bond motifs is 1. The second kappa shape index (κ2) is 5.25. The van der Waals surface area contributed by atoms with Gasteiger partial charge in [0, 0.05) is 25.3 Å². The van der Waals surface area contributed by atoms with Gasteiger partial charge in [-0.3, -0.25) is 4.90 Å². The molecule has 3 rings (SSSR count). The van der Waals surface area contributed by atoms with Gasteiger partial charge in [-0.25, -0.2) is 4.39 Å². The molecule has 1 heterocycles. The molecule has 0 aliphatic carbocycles. The molecule has 3 heteroatoms. The van der Waals surface area contributed by atoms with Crippen LogP contribution in [0.25, 0.3) is 0 Å². The van der Waals surface area contributed by atoms with E-state index in [-0.39, 0.29) is 5.82 Å². The van der Waals surface area contributed by atoms with Crippen molar-refractivity contribution in [2.75, 3.05) is 12.3 Å². The zero-order valence-electron chi connectivity index (χ0n) is 11.7. The molecule has 0 saturated heterocycles. The number of benzene rings is 2. The van der Waals surface area contributed by atoms with Gasteiger partial charge in [-0.2, -0.15) is 0 Å². The van der Waals surface area contributed by atoms with Crippen LogP contribution in [-0.4, -0.2) is 11.4 Å². The molecule has 2 aromatic carbocycles. The second-order valence-electron chi connectivity index (χ2n) is 5.52. The van der Waals surface area contributed by atoms with Crippen LogP contribution in [0.15, 0.2) is 36.4 Å². The van der Waals surface area contributed by atoms with Gasteiger partial charge in [-0.05, 0) is 53.8 Å². The van der Waals surface area contributed by atoms with Crippen molar-refractivity contribution >= 4 is 5.69 Å². The normalized spacial score (nSPS) is 15.1. The molecular weight excluding hydrogens is 251 g/mol. The summed E-state index contributed by atoms with van der Waals surface area (Å²) in [6.07, 6.45) is 0.969. The van der Waals surface area contributed by atoms with Gasteiger partial charge in [0.1, 0.15) is 5.82 Å². The summed E-state index contributed by atoms with van der Waals surface area (Å²) in [6, 6.07) is 11.1. The Kier molecular flexibility index (Phi) is 3.45. The molecule has 104 valence electrons. The van der Waals surface area contributed by atoms with E-state index in [1.807, 2.05) is 25.1 Å². The van der Waals surface area contributed by atoms with Gasteiger partial charge < -0.3 is 5.73 Å². The molecule has 0 atom stereocenters. The SMILES string of the molecule is Cc1ccc(F)cc1CN1CCc2c(N)cccc2C1. The fourth-order valence-electron chi connectivity index (χ4n) is 2.88. The molecule has 2 nitrogen and oxygen atoms in total. The lowest BCUT2D eigenvalue weighted by atomic mass is 9.97. The van der Waals surface area contributed by atoms with Crippen LogP contribution in [0.4, 0.5) is 10.1 Å². The number of nitrogens with zero attached hydrogens (tertiary/aromatic N) is 1. The number of hydrogen-bond donors (Lipinski definition) is 1. The minimum Gasteiger partial charge on any atom is -0.398 e. The molecule has 1 aliphatic heterocycles. The van der Waals surface area contributed by atoms with Gasteiger partial charge in [-0.15, -0.1) is 0 Å². The smallest absolute Gasteiger partial charge is 0.123 e. The van der Waals surface area contributed by atoms with Crippen LogP contribution in [0.5, 0.6) is 0 Å². The van der Waals surface area contributed by atoms with Crippen LogP contribution in [-0.2, 0) is 19.5 Å². The predicted octanol–water partition coefficient (Wildman–Crippen LogP) is 3.27. The van der Waals surface area contributed by atoms with E-state index in [9.17, 15) is 4.39 Å². The molecule has 0 spiro atoms. The Bertz CT molecular complexity index is 637. The largest absolute Gasteiger partial charge is 0.398 e. The summed E-state index contributed by atoms with van der Waals surface area (Å²) in [6.45, 7) is 4.68. The number of nitrogens with two attached hydrogens (primary N) is 1. The molecule has 1 aliphatic rings. The van der Waals surface area contributed by atoms with Gasteiger partial charge >= 0.3 is 0 Å². The second-order valence-corrected chi connectivity index (χ2v) is 5.52. The van der Waals surface area contributed by atoms with Crippen molar-refractivity contribution in [3.8, 4) is 0 Å². The van der Waals surface area contributed by atoms with Crippen molar-refractivity contribution in [3.63, 3.8) is 0 Å². The Hall–Kier alpha value is -1.87. The first-order chi connectivity index (χ1) is 9.63. The van der Waals surface area contributed by atoms with E-state index < -0.39 is 0 Å². The molecule has 0 fully saturated rings. The lowest BCUT2D eigenvalue weighted by molar-refractivity contribution is 0.245. The third-order valence-electron chi connectivity index (χ3n) is 4.09. The molecule has 0 aromatic heterocycles. The number of anilines is 1. The third kappa shape index (κ3) is 2.54. The molecule has 0 radical (unpaired) electrons. The van der Waals surface area contributed by atoms with Crippen molar-refractivity contribution in [2.45, 2.75) is 26.4 Å². The third-order valence-corrected chi connectivity index (χ3v) is 4.09. The van der Waals surface area contributed by atoms with E-state index in [4.69, 9.17) is 5.73 Å². The van der Waals surface area contributed by atoms with Crippen molar-refractivity contribution in [1.29, 1.82) is 0 Å². The maximum absolute atomic E-state index is 13.4. The molecular formula is C17H19FN2. The topological polar surface area (TPSA) is 29.3 Å². The maximum Gasteiger partial charge on any atom is 0.123 e. The minimum absolute atomic E-state index is 0.160. The summed E-state index contributed by atoms with van der Waals surface area (Å²) in [5.41, 5.74) is 11.7. The molecule has 0 amide bonds. The van der Waals surface area contributed by atoms with Crippen molar-refractivity contribution in [2.24, 2.45) is 0 Å². The zero-order chi connectivity index (χ0) is 14.1. The highest BCUT2D eigenvalue weighted by Crippen LogP contribution is 2.25. The fourth-order valence-corrected chi connectivity index (χ4v) is 2.88. The monoisotopic (exact) mass is 270 g/mol. The first-order valence-electron chi connectivity index (χ1n) is 6.97. The van der Waals surface area contributed by atoms with E-state index in [1.165, 1.54) is 17.2 Å². The van der Waals surface area contributed by atoms with Crippen LogP contribution in [0.2, 0.25) is 0 Å². The van der Waals surface area contributed by atoms with Crippen LogP contribution in [0.1, 0.15) is 22.3 Å². The lowest BCUT2D eigenvalue weighted by Gasteiger charge is -2.30. The van der Waals surface area contributed by atoms with Crippen LogP contribution >= 0.6 is 0 Å². The van der Waals surface area contributed by atoms with Gasteiger partial charge in [0.05, 0.1) is 0 Å². The summed E-state index contributed by atoms with van der Waals surface area (Å²) in [4.78, 5) is 2.35. The Morgan fingerprint density at radius 3 is 2.95 bits per heavy atom. The van der Waals surface area contributed by atoms with Crippen LogP contribution < -0.4 is 5.73 Å². The van der Waals surface area contributed by atoms with Crippen molar-refractivity contribution < 1.29 is 4.39 Å². The van der Waals surface area contributed by atoms with Crippen LogP contribution in [0.3, 0.4) is 0 Å². The average molecular weight is 270 g/mol. The predicted molar refractivity (Wildman–Crippen MR) is 79.8 cm³/mol.